The summed E-state index contributed by atoms with van der Waals surface area (Å²) in [5.41, 5.74) is 0.587. The van der Waals surface area contributed by atoms with Crippen LogP contribution in [0.5, 0.6) is 0 Å². The van der Waals surface area contributed by atoms with Crippen molar-refractivity contribution in [3.63, 3.8) is 0 Å². The minimum absolute atomic E-state index is 0. The minimum Gasteiger partial charge on any atom is -0.540 e. The van der Waals surface area contributed by atoms with Gasteiger partial charge in [-0.3, -0.25) is 4.98 Å². The molecule has 0 fully saturated rings. The zero-order chi connectivity index (χ0) is 9.97. The van der Waals surface area contributed by atoms with E-state index in [0.29, 0.717) is 5.56 Å². The molecule has 0 aliphatic rings. The van der Waals surface area contributed by atoms with Crippen molar-refractivity contribution in [1.82, 2.24) is 15.1 Å². The van der Waals surface area contributed by atoms with Gasteiger partial charge in [0.05, 0.1) is 0 Å². The first-order chi connectivity index (χ1) is 6.77. The van der Waals surface area contributed by atoms with Gasteiger partial charge in [0, 0.05) is 18.0 Å². The molecule has 7 heteroatoms. The predicted octanol–water partition coefficient (Wildman–Crippen LogP) is -3.50. The van der Waals surface area contributed by atoms with Crippen LogP contribution in [0.25, 0.3) is 11.4 Å². The summed E-state index contributed by atoms with van der Waals surface area (Å²) >= 11 is 0. The predicted molar refractivity (Wildman–Crippen MR) is 41.9 cm³/mol. The monoisotopic (exact) mass is 213 g/mol. The molecule has 0 saturated heterocycles. The Hall–Kier alpha value is -1.24. The van der Waals surface area contributed by atoms with Gasteiger partial charge in [-0.2, -0.15) is 4.98 Å². The summed E-state index contributed by atoms with van der Waals surface area (Å²) < 4.78 is 4.43. The van der Waals surface area contributed by atoms with Crippen molar-refractivity contribution in [3.8, 4) is 11.4 Å². The molecule has 15 heavy (non-hydrogen) atoms. The molecule has 0 spiro atoms. The SMILES string of the molecule is O=C([O-])c1nc(-c2cccnc2)no1.[Na+]. The Morgan fingerprint density at radius 1 is 1.47 bits per heavy atom. The van der Waals surface area contributed by atoms with Gasteiger partial charge in [-0.25, -0.2) is 0 Å². The minimum atomic E-state index is -1.49. The molecule has 0 aliphatic heterocycles. The van der Waals surface area contributed by atoms with E-state index in [4.69, 9.17) is 0 Å². The van der Waals surface area contributed by atoms with Gasteiger partial charge in [0.1, 0.15) is 5.97 Å². The molecule has 0 aliphatic carbocycles. The van der Waals surface area contributed by atoms with Crippen LogP contribution < -0.4 is 34.7 Å². The average molecular weight is 213 g/mol. The number of carboxylic acids is 1. The fraction of sp³-hybridized carbons (Fsp3) is 0. The second kappa shape index (κ2) is 5.01. The number of aromatic carboxylic acids is 1. The second-order valence-corrected chi connectivity index (χ2v) is 2.45. The van der Waals surface area contributed by atoms with Crippen molar-refractivity contribution in [2.24, 2.45) is 0 Å². The first kappa shape index (κ1) is 11.8. The number of carbonyl (C=O) groups is 1. The van der Waals surface area contributed by atoms with Crippen molar-refractivity contribution in [1.29, 1.82) is 0 Å². The molecule has 2 aromatic rings. The van der Waals surface area contributed by atoms with Gasteiger partial charge in [0.15, 0.2) is 0 Å². The molecule has 0 saturated carbocycles. The van der Waals surface area contributed by atoms with E-state index in [1.165, 1.54) is 6.20 Å². The number of hydrogen-bond acceptors (Lipinski definition) is 6. The summed E-state index contributed by atoms with van der Waals surface area (Å²) in [6.07, 6.45) is 3.09. The standard InChI is InChI=1S/C8H5N3O3.Na/c12-8(13)7-10-6(11-14-7)5-2-1-3-9-4-5;/h1-4H,(H,12,13);/q;+1/p-1. The molecule has 0 bridgehead atoms. The number of aromatic nitrogens is 3. The Morgan fingerprint density at radius 2 is 2.27 bits per heavy atom. The van der Waals surface area contributed by atoms with Gasteiger partial charge in [-0.15, -0.1) is 0 Å². The number of nitrogens with zero attached hydrogens (tertiary/aromatic N) is 3. The molecule has 6 nitrogen and oxygen atoms in total. The smallest absolute Gasteiger partial charge is 0.540 e. The van der Waals surface area contributed by atoms with Crippen LogP contribution in [0.2, 0.25) is 0 Å². The van der Waals surface area contributed by atoms with Crippen LogP contribution in [-0.4, -0.2) is 21.1 Å². The third kappa shape index (κ3) is 2.62. The molecule has 0 radical (unpaired) electrons. The van der Waals surface area contributed by atoms with E-state index < -0.39 is 11.9 Å². The number of hydrogen-bond donors (Lipinski definition) is 0. The first-order valence-electron chi connectivity index (χ1n) is 3.73. The van der Waals surface area contributed by atoms with Gasteiger partial charge in [-0.1, -0.05) is 5.16 Å². The molecule has 0 aromatic carbocycles. The third-order valence-electron chi connectivity index (χ3n) is 1.52. The van der Waals surface area contributed by atoms with Gasteiger partial charge >= 0.3 is 29.6 Å². The Balaban J connectivity index is 0.00000112. The van der Waals surface area contributed by atoms with Gasteiger partial charge in [-0.05, 0) is 12.1 Å². The van der Waals surface area contributed by atoms with Gasteiger partial charge < -0.3 is 14.4 Å². The van der Waals surface area contributed by atoms with E-state index in [9.17, 15) is 9.90 Å². The van der Waals surface area contributed by atoms with Crippen LogP contribution in [-0.2, 0) is 0 Å². The van der Waals surface area contributed by atoms with E-state index in [1.807, 2.05) is 0 Å². The van der Waals surface area contributed by atoms with E-state index in [2.05, 4.69) is 19.6 Å². The first-order valence-corrected chi connectivity index (χ1v) is 3.73. The molecule has 2 rings (SSSR count). The third-order valence-corrected chi connectivity index (χ3v) is 1.52. The van der Waals surface area contributed by atoms with E-state index >= 15 is 0 Å². The molecule has 0 atom stereocenters. The molecule has 0 amide bonds. The Kier molecular flexibility index (Phi) is 3.96. The number of carbonyl (C=O) groups excluding carboxylic acids is 1. The van der Waals surface area contributed by atoms with Crippen molar-refractivity contribution in [2.75, 3.05) is 0 Å². The molecule has 2 heterocycles. The molecular formula is C8H4N3NaO3. The molecular weight excluding hydrogens is 209 g/mol. The summed E-state index contributed by atoms with van der Waals surface area (Å²) in [5, 5.41) is 13.8. The second-order valence-electron chi connectivity index (χ2n) is 2.45. The maximum absolute atomic E-state index is 10.3. The summed E-state index contributed by atoms with van der Waals surface area (Å²) in [6, 6.07) is 3.38. The van der Waals surface area contributed by atoms with Crippen LogP contribution in [0.3, 0.4) is 0 Å². The molecule has 70 valence electrons. The van der Waals surface area contributed by atoms with Crippen molar-refractivity contribution in [2.45, 2.75) is 0 Å². The van der Waals surface area contributed by atoms with Crippen LogP contribution in [0.1, 0.15) is 10.7 Å². The zero-order valence-electron chi connectivity index (χ0n) is 7.88. The fourth-order valence-corrected chi connectivity index (χ4v) is 0.919. The van der Waals surface area contributed by atoms with Crippen LogP contribution in [0.4, 0.5) is 0 Å². The summed E-state index contributed by atoms with van der Waals surface area (Å²) in [7, 11) is 0. The van der Waals surface area contributed by atoms with Gasteiger partial charge in [0.2, 0.25) is 5.82 Å². The summed E-state index contributed by atoms with van der Waals surface area (Å²) in [6.45, 7) is 0. The average Bonchev–Trinajstić information content (AvgIpc) is 2.68. The Bertz CT molecular complexity index is 457. The van der Waals surface area contributed by atoms with E-state index in [0.717, 1.165) is 0 Å². The quantitative estimate of drug-likeness (QED) is 0.480. The molecule has 0 unspecified atom stereocenters. The van der Waals surface area contributed by atoms with Crippen LogP contribution in [0.15, 0.2) is 29.0 Å². The maximum Gasteiger partial charge on any atom is 1.00 e. The largest absolute Gasteiger partial charge is 1.00 e. The maximum atomic E-state index is 10.3. The van der Waals surface area contributed by atoms with E-state index in [-0.39, 0.29) is 35.4 Å². The summed E-state index contributed by atoms with van der Waals surface area (Å²) in [4.78, 5) is 17.8. The number of rotatable bonds is 2. The number of carboxylic acid groups (broad SMARTS) is 1. The zero-order valence-corrected chi connectivity index (χ0v) is 9.88. The normalized spacial score (nSPS) is 9.33. The summed E-state index contributed by atoms with van der Waals surface area (Å²) in [5.74, 6) is -1.85. The fourth-order valence-electron chi connectivity index (χ4n) is 0.919. The number of pyridine rings is 1. The van der Waals surface area contributed by atoms with Crippen molar-refractivity contribution >= 4 is 5.97 Å². The topological polar surface area (TPSA) is 91.9 Å². The van der Waals surface area contributed by atoms with Crippen molar-refractivity contribution in [3.05, 3.63) is 30.4 Å². The van der Waals surface area contributed by atoms with Crippen LogP contribution >= 0.6 is 0 Å². The molecule has 0 N–H and O–H groups in total. The van der Waals surface area contributed by atoms with Crippen molar-refractivity contribution < 1.29 is 44.0 Å². The van der Waals surface area contributed by atoms with Gasteiger partial charge in [0.25, 0.3) is 5.89 Å². The van der Waals surface area contributed by atoms with Crippen LogP contribution in [0, 0.1) is 0 Å². The Morgan fingerprint density at radius 3 is 2.80 bits per heavy atom. The molecule has 2 aromatic heterocycles. The van der Waals surface area contributed by atoms with E-state index in [1.54, 1.807) is 18.3 Å². The Labute approximate surface area is 107 Å².